The molecule has 0 aromatic heterocycles. The van der Waals surface area contributed by atoms with Gasteiger partial charge in [-0.25, -0.2) is 0 Å². The lowest BCUT2D eigenvalue weighted by Gasteiger charge is -2.17. The Morgan fingerprint density at radius 1 is 1.36 bits per heavy atom. The van der Waals surface area contributed by atoms with Gasteiger partial charge in [-0.3, -0.25) is 4.74 Å². The van der Waals surface area contributed by atoms with E-state index in [-0.39, 0.29) is 13.2 Å². The zero-order chi connectivity index (χ0) is 10.6. The van der Waals surface area contributed by atoms with Crippen molar-refractivity contribution >= 4 is 0 Å². The van der Waals surface area contributed by atoms with Crippen molar-refractivity contribution in [3.8, 4) is 0 Å². The van der Waals surface area contributed by atoms with Crippen LogP contribution in [-0.2, 0) is 4.74 Å². The second kappa shape index (κ2) is 4.98. The molecule has 2 atom stereocenters. The summed E-state index contributed by atoms with van der Waals surface area (Å²) in [6.07, 6.45) is -1.10. The van der Waals surface area contributed by atoms with Crippen LogP contribution in [0.25, 0.3) is 0 Å². The second-order valence-electron chi connectivity index (χ2n) is 3.76. The molecule has 1 rings (SSSR count). The third kappa shape index (κ3) is 4.28. The van der Waals surface area contributed by atoms with Gasteiger partial charge in [-0.1, -0.05) is 13.3 Å². The number of hydrogen-bond acceptors (Lipinski definition) is 2. The standard InChI is InChI=1S/C9H16F3NO/c1-7-3-2-4-8(7)13-5-6-14-9(10,11)12/h7-8,13H,2-6H2,1H3. The summed E-state index contributed by atoms with van der Waals surface area (Å²) < 4.78 is 38.4. The van der Waals surface area contributed by atoms with Crippen LogP contribution in [0.2, 0.25) is 0 Å². The first kappa shape index (κ1) is 11.8. The third-order valence-corrected chi connectivity index (χ3v) is 2.64. The predicted octanol–water partition coefficient (Wildman–Crippen LogP) is 2.30. The minimum absolute atomic E-state index is 0.272. The van der Waals surface area contributed by atoms with E-state index >= 15 is 0 Å². The van der Waals surface area contributed by atoms with E-state index in [1.165, 1.54) is 6.42 Å². The molecule has 0 aromatic rings. The van der Waals surface area contributed by atoms with E-state index in [0.29, 0.717) is 12.0 Å². The molecule has 0 aromatic carbocycles. The molecule has 1 N–H and O–H groups in total. The van der Waals surface area contributed by atoms with E-state index < -0.39 is 6.36 Å². The average molecular weight is 211 g/mol. The summed E-state index contributed by atoms with van der Waals surface area (Å²) in [5.74, 6) is 0.570. The Morgan fingerprint density at radius 3 is 2.57 bits per heavy atom. The third-order valence-electron chi connectivity index (χ3n) is 2.64. The number of rotatable bonds is 4. The summed E-state index contributed by atoms with van der Waals surface area (Å²) in [5, 5.41) is 3.08. The SMILES string of the molecule is CC1CCCC1NCCOC(F)(F)F. The smallest absolute Gasteiger partial charge is 0.311 e. The molecule has 14 heavy (non-hydrogen) atoms. The summed E-state index contributed by atoms with van der Waals surface area (Å²) in [5.41, 5.74) is 0. The maximum Gasteiger partial charge on any atom is 0.522 e. The van der Waals surface area contributed by atoms with Crippen molar-refractivity contribution in [2.75, 3.05) is 13.2 Å². The lowest BCUT2D eigenvalue weighted by molar-refractivity contribution is -0.323. The fraction of sp³-hybridized carbons (Fsp3) is 1.00. The Balaban J connectivity index is 2.04. The van der Waals surface area contributed by atoms with Crippen LogP contribution in [0, 0.1) is 5.92 Å². The molecular weight excluding hydrogens is 195 g/mol. The van der Waals surface area contributed by atoms with Crippen molar-refractivity contribution in [1.29, 1.82) is 0 Å². The van der Waals surface area contributed by atoms with Crippen LogP contribution in [0.5, 0.6) is 0 Å². The molecule has 1 aliphatic rings. The quantitative estimate of drug-likeness (QED) is 0.720. The molecular formula is C9H16F3NO. The molecule has 0 aliphatic heterocycles. The van der Waals surface area contributed by atoms with Crippen molar-refractivity contribution < 1.29 is 17.9 Å². The van der Waals surface area contributed by atoms with Gasteiger partial charge in [0.1, 0.15) is 0 Å². The molecule has 0 bridgehead atoms. The van der Waals surface area contributed by atoms with E-state index in [1.54, 1.807) is 0 Å². The predicted molar refractivity (Wildman–Crippen MR) is 46.8 cm³/mol. The topological polar surface area (TPSA) is 21.3 Å². The largest absolute Gasteiger partial charge is 0.522 e. The summed E-state index contributed by atoms with van der Waals surface area (Å²) in [6.45, 7) is 2.09. The van der Waals surface area contributed by atoms with Gasteiger partial charge in [0.2, 0.25) is 0 Å². The van der Waals surface area contributed by atoms with E-state index in [4.69, 9.17) is 0 Å². The van der Waals surface area contributed by atoms with Crippen molar-refractivity contribution in [2.24, 2.45) is 5.92 Å². The highest BCUT2D eigenvalue weighted by molar-refractivity contribution is 4.79. The molecule has 0 spiro atoms. The van der Waals surface area contributed by atoms with Crippen LogP contribution in [0.4, 0.5) is 13.2 Å². The van der Waals surface area contributed by atoms with Crippen LogP contribution < -0.4 is 5.32 Å². The maximum absolute atomic E-state index is 11.6. The molecule has 2 nitrogen and oxygen atoms in total. The van der Waals surface area contributed by atoms with Crippen molar-refractivity contribution in [1.82, 2.24) is 5.32 Å². The van der Waals surface area contributed by atoms with Gasteiger partial charge >= 0.3 is 6.36 Å². The normalized spacial score (nSPS) is 28.3. The zero-order valence-corrected chi connectivity index (χ0v) is 8.23. The van der Waals surface area contributed by atoms with E-state index in [0.717, 1.165) is 12.8 Å². The molecule has 1 fully saturated rings. The van der Waals surface area contributed by atoms with Gasteiger partial charge in [0, 0.05) is 12.6 Å². The number of halogens is 3. The minimum Gasteiger partial charge on any atom is -0.311 e. The van der Waals surface area contributed by atoms with Gasteiger partial charge in [-0.2, -0.15) is 0 Å². The molecule has 2 unspecified atom stereocenters. The molecule has 5 heteroatoms. The highest BCUT2D eigenvalue weighted by Crippen LogP contribution is 2.24. The lowest BCUT2D eigenvalue weighted by Crippen LogP contribution is -2.34. The number of ether oxygens (including phenoxy) is 1. The Bertz CT molecular complexity index is 172. The first-order valence-electron chi connectivity index (χ1n) is 4.93. The molecule has 84 valence electrons. The lowest BCUT2D eigenvalue weighted by atomic mass is 10.1. The van der Waals surface area contributed by atoms with Crippen LogP contribution in [0.1, 0.15) is 26.2 Å². The fourth-order valence-electron chi connectivity index (χ4n) is 1.86. The van der Waals surface area contributed by atoms with Gasteiger partial charge in [0.25, 0.3) is 0 Å². The van der Waals surface area contributed by atoms with Crippen LogP contribution >= 0.6 is 0 Å². The zero-order valence-electron chi connectivity index (χ0n) is 8.23. The first-order chi connectivity index (χ1) is 6.49. The van der Waals surface area contributed by atoms with E-state index in [2.05, 4.69) is 17.0 Å². The molecule has 0 radical (unpaired) electrons. The summed E-state index contributed by atoms with van der Waals surface area (Å²) in [6, 6.07) is 0.367. The second-order valence-corrected chi connectivity index (χ2v) is 3.76. The molecule has 1 aliphatic carbocycles. The molecule has 0 amide bonds. The molecule has 0 saturated heterocycles. The monoisotopic (exact) mass is 211 g/mol. The van der Waals surface area contributed by atoms with Crippen LogP contribution in [0.3, 0.4) is 0 Å². The highest BCUT2D eigenvalue weighted by Gasteiger charge is 2.29. The summed E-state index contributed by atoms with van der Waals surface area (Å²) in [4.78, 5) is 0. The number of alkyl halides is 3. The van der Waals surface area contributed by atoms with Crippen molar-refractivity contribution in [2.45, 2.75) is 38.6 Å². The van der Waals surface area contributed by atoms with E-state index in [1.807, 2.05) is 0 Å². The number of hydrogen-bond donors (Lipinski definition) is 1. The number of nitrogens with one attached hydrogen (secondary N) is 1. The van der Waals surface area contributed by atoms with Crippen LogP contribution in [-0.4, -0.2) is 25.6 Å². The molecule has 0 heterocycles. The van der Waals surface area contributed by atoms with Crippen LogP contribution in [0.15, 0.2) is 0 Å². The van der Waals surface area contributed by atoms with Gasteiger partial charge in [-0.15, -0.1) is 13.2 Å². The van der Waals surface area contributed by atoms with Crippen molar-refractivity contribution in [3.63, 3.8) is 0 Å². The van der Waals surface area contributed by atoms with Gasteiger partial charge in [0.05, 0.1) is 6.61 Å². The van der Waals surface area contributed by atoms with E-state index in [9.17, 15) is 13.2 Å². The van der Waals surface area contributed by atoms with Gasteiger partial charge in [0.15, 0.2) is 0 Å². The minimum atomic E-state index is -4.50. The highest BCUT2D eigenvalue weighted by atomic mass is 19.4. The fourth-order valence-corrected chi connectivity index (χ4v) is 1.86. The summed E-state index contributed by atoms with van der Waals surface area (Å²) in [7, 11) is 0. The summed E-state index contributed by atoms with van der Waals surface area (Å²) >= 11 is 0. The maximum atomic E-state index is 11.6. The Kier molecular flexibility index (Phi) is 4.19. The first-order valence-corrected chi connectivity index (χ1v) is 4.93. The Morgan fingerprint density at radius 2 is 2.07 bits per heavy atom. The van der Waals surface area contributed by atoms with Gasteiger partial charge in [-0.05, 0) is 18.8 Å². The Hall–Kier alpha value is -0.290. The Labute approximate surface area is 81.8 Å². The van der Waals surface area contributed by atoms with Gasteiger partial charge < -0.3 is 5.32 Å². The molecule has 1 saturated carbocycles. The van der Waals surface area contributed by atoms with Crippen molar-refractivity contribution in [3.05, 3.63) is 0 Å². The average Bonchev–Trinajstić information content (AvgIpc) is 2.44.